The van der Waals surface area contributed by atoms with E-state index in [1.54, 1.807) is 0 Å². The lowest BCUT2D eigenvalue weighted by atomic mass is 9.96. The van der Waals surface area contributed by atoms with E-state index in [0.29, 0.717) is 6.54 Å². The van der Waals surface area contributed by atoms with Crippen LogP contribution >= 0.6 is 12.4 Å². The first-order chi connectivity index (χ1) is 8.66. The highest BCUT2D eigenvalue weighted by molar-refractivity contribution is 5.85. The number of halogens is 1. The summed E-state index contributed by atoms with van der Waals surface area (Å²) in [5.41, 5.74) is 0. The topological polar surface area (TPSA) is 61.4 Å². The zero-order chi connectivity index (χ0) is 13.0. The third kappa shape index (κ3) is 4.66. The van der Waals surface area contributed by atoms with Gasteiger partial charge in [0.15, 0.2) is 0 Å². The Morgan fingerprint density at radius 1 is 1.26 bits per heavy atom. The fraction of sp³-hybridized carbons (Fsp3) is 0.846. The standard InChI is InChI=1S/C13H23N3O2.ClH/c1-10(17)15-12-5-3-7-16(9-12)13(18)11-4-2-6-14-8-11;/h11-12,14H,2-9H2,1H3,(H,15,17);1H/t11-,12?;/m1./s1. The van der Waals surface area contributed by atoms with Gasteiger partial charge < -0.3 is 15.5 Å². The zero-order valence-corrected chi connectivity index (χ0v) is 12.3. The van der Waals surface area contributed by atoms with Crippen molar-refractivity contribution in [1.82, 2.24) is 15.5 Å². The maximum absolute atomic E-state index is 12.4. The van der Waals surface area contributed by atoms with Gasteiger partial charge in [0.05, 0.1) is 5.92 Å². The van der Waals surface area contributed by atoms with Crippen LogP contribution in [0.3, 0.4) is 0 Å². The Morgan fingerprint density at radius 2 is 2.05 bits per heavy atom. The molecular weight excluding hydrogens is 266 g/mol. The molecule has 0 saturated carbocycles. The van der Waals surface area contributed by atoms with Crippen molar-refractivity contribution >= 4 is 24.2 Å². The number of piperidine rings is 2. The van der Waals surface area contributed by atoms with Crippen molar-refractivity contribution < 1.29 is 9.59 Å². The van der Waals surface area contributed by atoms with Crippen molar-refractivity contribution in [3.05, 3.63) is 0 Å². The van der Waals surface area contributed by atoms with Gasteiger partial charge in [-0.1, -0.05) is 0 Å². The smallest absolute Gasteiger partial charge is 0.227 e. The highest BCUT2D eigenvalue weighted by Crippen LogP contribution is 2.17. The highest BCUT2D eigenvalue weighted by atomic mass is 35.5. The van der Waals surface area contributed by atoms with E-state index in [2.05, 4.69) is 10.6 Å². The molecule has 2 heterocycles. The predicted molar refractivity (Wildman–Crippen MR) is 76.3 cm³/mol. The van der Waals surface area contributed by atoms with Crippen LogP contribution in [0.15, 0.2) is 0 Å². The molecule has 0 aliphatic carbocycles. The van der Waals surface area contributed by atoms with Crippen LogP contribution in [0.1, 0.15) is 32.6 Å². The van der Waals surface area contributed by atoms with Gasteiger partial charge in [0.25, 0.3) is 0 Å². The van der Waals surface area contributed by atoms with Crippen LogP contribution in [0.4, 0.5) is 0 Å². The molecule has 0 aromatic rings. The van der Waals surface area contributed by atoms with Crippen molar-refractivity contribution in [3.63, 3.8) is 0 Å². The maximum Gasteiger partial charge on any atom is 0.227 e. The molecule has 0 radical (unpaired) electrons. The van der Waals surface area contributed by atoms with E-state index in [0.717, 1.165) is 45.3 Å². The average molecular weight is 290 g/mol. The van der Waals surface area contributed by atoms with Gasteiger partial charge in [-0.2, -0.15) is 0 Å². The summed E-state index contributed by atoms with van der Waals surface area (Å²) in [4.78, 5) is 25.4. The van der Waals surface area contributed by atoms with E-state index in [4.69, 9.17) is 0 Å². The number of carbonyl (C=O) groups is 2. The SMILES string of the molecule is CC(=O)NC1CCCN(C(=O)[C@@H]2CCCNC2)C1.Cl. The summed E-state index contributed by atoms with van der Waals surface area (Å²) in [6.45, 7) is 4.88. The summed E-state index contributed by atoms with van der Waals surface area (Å²) in [7, 11) is 0. The first kappa shape index (κ1) is 16.2. The molecule has 0 aromatic carbocycles. The van der Waals surface area contributed by atoms with Crippen molar-refractivity contribution in [3.8, 4) is 0 Å². The number of likely N-dealkylation sites (tertiary alicyclic amines) is 1. The molecule has 5 nitrogen and oxygen atoms in total. The van der Waals surface area contributed by atoms with E-state index < -0.39 is 0 Å². The molecule has 2 N–H and O–H groups in total. The van der Waals surface area contributed by atoms with Crippen molar-refractivity contribution in [1.29, 1.82) is 0 Å². The van der Waals surface area contributed by atoms with Crippen molar-refractivity contribution in [2.45, 2.75) is 38.6 Å². The molecule has 1 unspecified atom stereocenters. The number of nitrogens with one attached hydrogen (secondary N) is 2. The molecular formula is C13H24ClN3O2. The van der Waals surface area contributed by atoms with Crippen LogP contribution < -0.4 is 10.6 Å². The monoisotopic (exact) mass is 289 g/mol. The first-order valence-electron chi connectivity index (χ1n) is 6.93. The van der Waals surface area contributed by atoms with Crippen LogP contribution in [0, 0.1) is 5.92 Å². The highest BCUT2D eigenvalue weighted by Gasteiger charge is 2.29. The fourth-order valence-corrected chi connectivity index (χ4v) is 2.90. The summed E-state index contributed by atoms with van der Waals surface area (Å²) in [5, 5.41) is 6.20. The third-order valence-electron chi connectivity index (χ3n) is 3.79. The van der Waals surface area contributed by atoms with Gasteiger partial charge in [0, 0.05) is 32.6 Å². The van der Waals surface area contributed by atoms with Gasteiger partial charge in [-0.25, -0.2) is 0 Å². The quantitative estimate of drug-likeness (QED) is 0.780. The number of amides is 2. The van der Waals surface area contributed by atoms with E-state index in [1.807, 2.05) is 4.90 Å². The van der Waals surface area contributed by atoms with Crippen LogP contribution in [-0.4, -0.2) is 48.9 Å². The lowest BCUT2D eigenvalue weighted by Gasteiger charge is -2.36. The van der Waals surface area contributed by atoms with Crippen LogP contribution in [-0.2, 0) is 9.59 Å². The molecule has 19 heavy (non-hydrogen) atoms. The fourth-order valence-electron chi connectivity index (χ4n) is 2.90. The Morgan fingerprint density at radius 3 is 2.68 bits per heavy atom. The molecule has 2 amide bonds. The molecule has 0 spiro atoms. The van der Waals surface area contributed by atoms with Gasteiger partial charge in [-0.3, -0.25) is 9.59 Å². The molecule has 110 valence electrons. The van der Waals surface area contributed by atoms with Crippen LogP contribution in [0.25, 0.3) is 0 Å². The molecule has 2 atom stereocenters. The van der Waals surface area contributed by atoms with E-state index in [1.165, 1.54) is 6.92 Å². The van der Waals surface area contributed by atoms with Gasteiger partial charge in [0.1, 0.15) is 0 Å². The zero-order valence-electron chi connectivity index (χ0n) is 11.5. The summed E-state index contributed by atoms with van der Waals surface area (Å²) >= 11 is 0. The van der Waals surface area contributed by atoms with Crippen molar-refractivity contribution in [2.24, 2.45) is 5.92 Å². The van der Waals surface area contributed by atoms with E-state index >= 15 is 0 Å². The predicted octanol–water partition coefficient (Wildman–Crippen LogP) is 0.535. The van der Waals surface area contributed by atoms with Gasteiger partial charge in [-0.05, 0) is 32.2 Å². The lowest BCUT2D eigenvalue weighted by Crippen LogP contribution is -2.52. The maximum atomic E-state index is 12.4. The second-order valence-corrected chi connectivity index (χ2v) is 5.37. The average Bonchev–Trinajstić information content (AvgIpc) is 2.38. The summed E-state index contributed by atoms with van der Waals surface area (Å²) in [5.74, 6) is 0.390. The lowest BCUT2D eigenvalue weighted by molar-refractivity contribution is -0.138. The Hall–Kier alpha value is -0.810. The minimum absolute atomic E-state index is 0. The number of carbonyl (C=O) groups excluding carboxylic acids is 2. The second-order valence-electron chi connectivity index (χ2n) is 5.37. The number of nitrogens with zero attached hydrogens (tertiary/aromatic N) is 1. The summed E-state index contributed by atoms with van der Waals surface area (Å²) in [6.07, 6.45) is 4.04. The first-order valence-corrected chi connectivity index (χ1v) is 6.93. The van der Waals surface area contributed by atoms with Crippen LogP contribution in [0.5, 0.6) is 0 Å². The number of hydrogen-bond donors (Lipinski definition) is 2. The molecule has 6 heteroatoms. The molecule has 2 aliphatic rings. The molecule has 2 saturated heterocycles. The molecule has 2 rings (SSSR count). The Balaban J connectivity index is 0.00000180. The minimum atomic E-state index is -0.00590. The normalized spacial score (nSPS) is 27.3. The Kier molecular flexibility index (Phi) is 6.58. The Bertz CT molecular complexity index is 319. The van der Waals surface area contributed by atoms with Gasteiger partial charge >= 0.3 is 0 Å². The molecule has 0 aromatic heterocycles. The number of hydrogen-bond acceptors (Lipinski definition) is 3. The van der Waals surface area contributed by atoms with Gasteiger partial charge in [-0.15, -0.1) is 12.4 Å². The van der Waals surface area contributed by atoms with E-state index in [9.17, 15) is 9.59 Å². The number of rotatable bonds is 2. The van der Waals surface area contributed by atoms with Crippen molar-refractivity contribution in [2.75, 3.05) is 26.2 Å². The van der Waals surface area contributed by atoms with Gasteiger partial charge in [0.2, 0.25) is 11.8 Å². The molecule has 2 fully saturated rings. The summed E-state index contributed by atoms with van der Waals surface area (Å²) in [6, 6.07) is 0.136. The molecule has 0 bridgehead atoms. The second kappa shape index (κ2) is 7.70. The molecule has 2 aliphatic heterocycles. The minimum Gasteiger partial charge on any atom is -0.352 e. The van der Waals surface area contributed by atoms with Crippen LogP contribution in [0.2, 0.25) is 0 Å². The third-order valence-corrected chi connectivity index (χ3v) is 3.79. The summed E-state index contributed by atoms with van der Waals surface area (Å²) < 4.78 is 0. The Labute approximate surface area is 120 Å². The van der Waals surface area contributed by atoms with E-state index in [-0.39, 0.29) is 36.2 Å². The largest absolute Gasteiger partial charge is 0.352 e.